The minimum absolute atomic E-state index is 0.792. The summed E-state index contributed by atoms with van der Waals surface area (Å²) in [6.07, 6.45) is 5.65. The molecule has 4 heteroatoms. The molecule has 0 saturated carbocycles. The maximum atomic E-state index is 5.38. The second-order valence-corrected chi connectivity index (χ2v) is 4.52. The molecule has 0 aromatic carbocycles. The number of nitrogen functional groups attached to an aromatic ring is 1. The predicted molar refractivity (Wildman–Crippen MR) is 67.7 cm³/mol. The average Bonchev–Trinajstić information content (AvgIpc) is 2.29. The van der Waals surface area contributed by atoms with Gasteiger partial charge < -0.3 is 5.43 Å². The smallest absolute Gasteiger partial charge is 0.143 e. The molecule has 0 atom stereocenters. The molecule has 0 spiro atoms. The minimum Gasteiger partial charge on any atom is -0.308 e. The molecule has 3 nitrogen and oxygen atoms in total. The van der Waals surface area contributed by atoms with Gasteiger partial charge in [0.1, 0.15) is 5.82 Å². The van der Waals surface area contributed by atoms with Gasteiger partial charge in [0, 0.05) is 17.5 Å². The summed E-state index contributed by atoms with van der Waals surface area (Å²) in [4.78, 5) is 4.16. The van der Waals surface area contributed by atoms with Gasteiger partial charge in [-0.3, -0.25) is 0 Å². The van der Waals surface area contributed by atoms with E-state index < -0.39 is 0 Å². The Labute approximate surface area is 95.8 Å². The van der Waals surface area contributed by atoms with E-state index in [0.29, 0.717) is 0 Å². The monoisotopic (exact) mass is 225 g/mol. The van der Waals surface area contributed by atoms with Crippen molar-refractivity contribution >= 4 is 17.6 Å². The molecule has 0 unspecified atom stereocenters. The van der Waals surface area contributed by atoms with Crippen molar-refractivity contribution in [3.05, 3.63) is 23.9 Å². The van der Waals surface area contributed by atoms with Gasteiger partial charge in [0.15, 0.2) is 0 Å². The average molecular weight is 225 g/mol. The van der Waals surface area contributed by atoms with Crippen LogP contribution < -0.4 is 11.3 Å². The summed E-state index contributed by atoms with van der Waals surface area (Å²) in [5.41, 5.74) is 3.81. The van der Waals surface area contributed by atoms with Gasteiger partial charge in [-0.15, -0.1) is 0 Å². The fourth-order valence-electron chi connectivity index (χ4n) is 1.32. The van der Waals surface area contributed by atoms with Gasteiger partial charge in [0.05, 0.1) is 0 Å². The van der Waals surface area contributed by atoms with Crippen molar-refractivity contribution < 1.29 is 0 Å². The normalized spacial score (nSPS) is 10.3. The number of thioether (sulfide) groups is 1. The fraction of sp³-hybridized carbons (Fsp3) is 0.545. The van der Waals surface area contributed by atoms with Crippen molar-refractivity contribution in [3.8, 4) is 0 Å². The molecule has 0 aliphatic carbocycles. The molecule has 1 aromatic rings. The first-order valence-corrected chi connectivity index (χ1v) is 6.52. The molecule has 1 heterocycles. The van der Waals surface area contributed by atoms with Crippen LogP contribution in [-0.4, -0.2) is 10.7 Å². The van der Waals surface area contributed by atoms with Gasteiger partial charge in [0.2, 0.25) is 0 Å². The van der Waals surface area contributed by atoms with E-state index in [1.54, 1.807) is 6.20 Å². The van der Waals surface area contributed by atoms with Crippen molar-refractivity contribution in [2.24, 2.45) is 5.84 Å². The Hall–Kier alpha value is -0.740. The number of nitrogens with one attached hydrogen (secondary N) is 1. The molecule has 0 fully saturated rings. The molecular formula is C11H19N3S. The summed E-state index contributed by atoms with van der Waals surface area (Å²) in [6, 6.07) is 4.01. The van der Waals surface area contributed by atoms with Crippen LogP contribution in [0.2, 0.25) is 0 Å². The molecule has 0 bridgehead atoms. The highest BCUT2D eigenvalue weighted by Gasteiger charge is 2.00. The van der Waals surface area contributed by atoms with E-state index in [-0.39, 0.29) is 0 Å². The third kappa shape index (κ3) is 4.53. The number of nitrogens with zero attached hydrogens (tertiary/aromatic N) is 1. The zero-order valence-corrected chi connectivity index (χ0v) is 10.0. The second-order valence-electron chi connectivity index (χ2n) is 3.42. The summed E-state index contributed by atoms with van der Waals surface area (Å²) in [5.74, 6) is 8.37. The minimum atomic E-state index is 0.792. The molecule has 84 valence electrons. The summed E-state index contributed by atoms with van der Waals surface area (Å²) in [7, 11) is 0. The van der Waals surface area contributed by atoms with Gasteiger partial charge in [0.25, 0.3) is 0 Å². The van der Waals surface area contributed by atoms with Crippen molar-refractivity contribution in [2.75, 3.05) is 11.2 Å². The standard InChI is InChI=1S/C11H19N3S/c1-2-3-4-8-15-9-10-6-5-7-13-11(10)14-12/h5-7H,2-4,8-9,12H2,1H3,(H,13,14). The van der Waals surface area contributed by atoms with Crippen LogP contribution in [0.25, 0.3) is 0 Å². The van der Waals surface area contributed by atoms with Gasteiger partial charge in [-0.05, 0) is 18.2 Å². The molecule has 1 aromatic heterocycles. The van der Waals surface area contributed by atoms with Crippen LogP contribution in [0.1, 0.15) is 31.7 Å². The van der Waals surface area contributed by atoms with Crippen molar-refractivity contribution in [1.82, 2.24) is 4.98 Å². The van der Waals surface area contributed by atoms with E-state index in [4.69, 9.17) is 5.84 Å². The van der Waals surface area contributed by atoms with Gasteiger partial charge in [-0.2, -0.15) is 11.8 Å². The lowest BCUT2D eigenvalue weighted by Crippen LogP contribution is -2.10. The molecule has 1 rings (SSSR count). The number of hydrogen-bond donors (Lipinski definition) is 2. The van der Waals surface area contributed by atoms with Gasteiger partial charge in [-0.25, -0.2) is 10.8 Å². The van der Waals surface area contributed by atoms with Gasteiger partial charge >= 0.3 is 0 Å². The quantitative estimate of drug-likeness (QED) is 0.425. The van der Waals surface area contributed by atoms with E-state index in [1.807, 2.05) is 17.8 Å². The van der Waals surface area contributed by atoms with Gasteiger partial charge in [-0.1, -0.05) is 25.8 Å². The molecule has 3 N–H and O–H groups in total. The van der Waals surface area contributed by atoms with Crippen LogP contribution in [0.4, 0.5) is 5.82 Å². The topological polar surface area (TPSA) is 50.9 Å². The molecule has 0 aliphatic heterocycles. The highest BCUT2D eigenvalue weighted by atomic mass is 32.2. The first-order chi connectivity index (χ1) is 7.38. The number of hydrogen-bond acceptors (Lipinski definition) is 4. The zero-order chi connectivity index (χ0) is 10.9. The number of anilines is 1. The summed E-state index contributed by atoms with van der Waals surface area (Å²) in [5, 5.41) is 0. The molecule has 0 amide bonds. The van der Waals surface area contributed by atoms with Crippen molar-refractivity contribution in [1.29, 1.82) is 0 Å². The predicted octanol–water partition coefficient (Wildman–Crippen LogP) is 2.79. The first-order valence-electron chi connectivity index (χ1n) is 5.36. The summed E-state index contributed by atoms with van der Waals surface area (Å²) < 4.78 is 0. The van der Waals surface area contributed by atoms with Crippen LogP contribution in [0, 0.1) is 0 Å². The number of rotatable bonds is 7. The number of nitrogens with two attached hydrogens (primary N) is 1. The van der Waals surface area contributed by atoms with E-state index in [2.05, 4.69) is 23.4 Å². The van der Waals surface area contributed by atoms with Crippen LogP contribution in [-0.2, 0) is 5.75 Å². The molecule has 15 heavy (non-hydrogen) atoms. The summed E-state index contributed by atoms with van der Waals surface area (Å²) >= 11 is 1.94. The number of aromatic nitrogens is 1. The Morgan fingerprint density at radius 3 is 3.07 bits per heavy atom. The number of pyridine rings is 1. The number of unbranched alkanes of at least 4 members (excludes halogenated alkanes) is 2. The Morgan fingerprint density at radius 2 is 2.33 bits per heavy atom. The first kappa shape index (κ1) is 12.3. The molecular weight excluding hydrogens is 206 g/mol. The van der Waals surface area contributed by atoms with E-state index >= 15 is 0 Å². The second kappa shape index (κ2) is 7.54. The molecule has 0 aliphatic rings. The van der Waals surface area contributed by atoms with Crippen LogP contribution in [0.3, 0.4) is 0 Å². The molecule has 0 saturated heterocycles. The van der Waals surface area contributed by atoms with Crippen molar-refractivity contribution in [2.45, 2.75) is 31.9 Å². The highest BCUT2D eigenvalue weighted by molar-refractivity contribution is 7.98. The Morgan fingerprint density at radius 1 is 1.47 bits per heavy atom. The van der Waals surface area contributed by atoms with Crippen LogP contribution >= 0.6 is 11.8 Å². The lowest BCUT2D eigenvalue weighted by Gasteiger charge is -2.06. The largest absolute Gasteiger partial charge is 0.308 e. The van der Waals surface area contributed by atoms with E-state index in [1.165, 1.54) is 30.6 Å². The summed E-state index contributed by atoms with van der Waals surface area (Å²) in [6.45, 7) is 2.22. The fourth-order valence-corrected chi connectivity index (χ4v) is 2.33. The third-order valence-electron chi connectivity index (χ3n) is 2.18. The maximum absolute atomic E-state index is 5.38. The van der Waals surface area contributed by atoms with Crippen molar-refractivity contribution in [3.63, 3.8) is 0 Å². The van der Waals surface area contributed by atoms with Crippen LogP contribution in [0.5, 0.6) is 0 Å². The Balaban J connectivity index is 2.30. The molecule has 0 radical (unpaired) electrons. The zero-order valence-electron chi connectivity index (χ0n) is 9.20. The lowest BCUT2D eigenvalue weighted by atomic mass is 10.3. The SMILES string of the molecule is CCCCCSCc1cccnc1NN. The van der Waals surface area contributed by atoms with E-state index in [9.17, 15) is 0 Å². The highest BCUT2D eigenvalue weighted by Crippen LogP contribution is 2.18. The maximum Gasteiger partial charge on any atom is 0.143 e. The Kier molecular flexibility index (Phi) is 6.20. The lowest BCUT2D eigenvalue weighted by molar-refractivity contribution is 0.778. The number of hydrazine groups is 1. The van der Waals surface area contributed by atoms with E-state index in [0.717, 1.165) is 11.6 Å². The Bertz CT molecular complexity index is 278. The third-order valence-corrected chi connectivity index (χ3v) is 3.27. The van der Waals surface area contributed by atoms with Crippen LogP contribution in [0.15, 0.2) is 18.3 Å².